The van der Waals surface area contributed by atoms with Crippen LogP contribution in [0.15, 0.2) is 30.3 Å². The second-order valence-electron chi connectivity index (χ2n) is 5.32. The van der Waals surface area contributed by atoms with E-state index in [1.807, 2.05) is 11.8 Å². The van der Waals surface area contributed by atoms with E-state index in [-0.39, 0.29) is 0 Å². The number of nitrogens with one attached hydrogen (secondary N) is 1. The van der Waals surface area contributed by atoms with Crippen molar-refractivity contribution >= 4 is 17.6 Å². The summed E-state index contributed by atoms with van der Waals surface area (Å²) >= 11 is 1.93. The first-order valence-corrected chi connectivity index (χ1v) is 8.76. The van der Waals surface area contributed by atoms with Crippen LogP contribution in [0, 0.1) is 0 Å². The van der Waals surface area contributed by atoms with Crippen LogP contribution in [0.5, 0.6) is 0 Å². The molecular formula is C17H21N3S. The fourth-order valence-corrected chi connectivity index (χ4v) is 3.55. The fraction of sp³-hybridized carbons (Fsp3) is 0.412. The Hall–Kier alpha value is -1.55. The van der Waals surface area contributed by atoms with Gasteiger partial charge in [-0.05, 0) is 18.4 Å². The lowest BCUT2D eigenvalue weighted by Gasteiger charge is -2.11. The molecule has 21 heavy (non-hydrogen) atoms. The van der Waals surface area contributed by atoms with Crippen molar-refractivity contribution in [3.8, 4) is 0 Å². The molecule has 1 aromatic heterocycles. The molecule has 1 aromatic carbocycles. The number of benzene rings is 1. The van der Waals surface area contributed by atoms with Crippen molar-refractivity contribution in [3.05, 3.63) is 53.0 Å². The lowest BCUT2D eigenvalue weighted by Crippen LogP contribution is -2.10. The third-order valence-electron chi connectivity index (χ3n) is 3.65. The smallest absolute Gasteiger partial charge is 0.134 e. The molecule has 0 saturated carbocycles. The molecule has 0 saturated heterocycles. The number of rotatable bonds is 6. The monoisotopic (exact) mass is 299 g/mol. The van der Waals surface area contributed by atoms with Crippen molar-refractivity contribution in [2.24, 2.45) is 0 Å². The number of fused-ring (bicyclic) bond motifs is 1. The van der Waals surface area contributed by atoms with Gasteiger partial charge in [0.15, 0.2) is 0 Å². The van der Waals surface area contributed by atoms with Crippen molar-refractivity contribution in [1.82, 2.24) is 9.97 Å². The number of hydrogen-bond donors (Lipinski definition) is 1. The molecule has 1 aliphatic heterocycles. The second-order valence-corrected chi connectivity index (χ2v) is 6.30. The van der Waals surface area contributed by atoms with Crippen LogP contribution in [0.3, 0.4) is 0 Å². The van der Waals surface area contributed by atoms with E-state index < -0.39 is 0 Å². The maximum atomic E-state index is 4.77. The number of thioether (sulfide) groups is 1. The Balaban J connectivity index is 1.76. The third-order valence-corrected chi connectivity index (χ3v) is 4.62. The standard InChI is InChI=1S/C17H21N3S/c1-2-10-18-17-14-11-21-12-15(14)19-16(20-17)9-8-13-6-4-3-5-7-13/h3-7H,2,8-12H2,1H3,(H,18,19,20). The quantitative estimate of drug-likeness (QED) is 0.879. The maximum Gasteiger partial charge on any atom is 0.134 e. The highest BCUT2D eigenvalue weighted by Crippen LogP contribution is 2.32. The molecule has 4 heteroatoms. The molecule has 0 bridgehead atoms. The fourth-order valence-electron chi connectivity index (χ4n) is 2.50. The number of aryl methyl sites for hydroxylation is 2. The summed E-state index contributed by atoms with van der Waals surface area (Å²) in [5, 5.41) is 3.47. The molecule has 0 amide bonds. The zero-order chi connectivity index (χ0) is 14.5. The Labute approximate surface area is 130 Å². The normalized spacial score (nSPS) is 13.2. The molecule has 0 radical (unpaired) electrons. The summed E-state index contributed by atoms with van der Waals surface area (Å²) in [7, 11) is 0. The van der Waals surface area contributed by atoms with Gasteiger partial charge in [-0.15, -0.1) is 0 Å². The molecule has 3 nitrogen and oxygen atoms in total. The van der Waals surface area contributed by atoms with Gasteiger partial charge in [-0.25, -0.2) is 9.97 Å². The molecule has 0 unspecified atom stereocenters. The van der Waals surface area contributed by atoms with E-state index in [9.17, 15) is 0 Å². The molecule has 2 aromatic rings. The molecule has 0 atom stereocenters. The van der Waals surface area contributed by atoms with Crippen molar-refractivity contribution < 1.29 is 0 Å². The summed E-state index contributed by atoms with van der Waals surface area (Å²) in [4.78, 5) is 9.53. The van der Waals surface area contributed by atoms with Crippen LogP contribution in [0.1, 0.15) is 36.0 Å². The molecule has 0 aliphatic carbocycles. The summed E-state index contributed by atoms with van der Waals surface area (Å²) in [5.74, 6) is 4.10. The third kappa shape index (κ3) is 3.56. The van der Waals surface area contributed by atoms with Crippen LogP contribution in [0.25, 0.3) is 0 Å². The van der Waals surface area contributed by atoms with E-state index in [0.29, 0.717) is 0 Å². The number of hydrogen-bond acceptors (Lipinski definition) is 4. The Morgan fingerprint density at radius 2 is 1.95 bits per heavy atom. The van der Waals surface area contributed by atoms with Crippen molar-refractivity contribution in [3.63, 3.8) is 0 Å². The lowest BCUT2D eigenvalue weighted by atomic mass is 10.1. The van der Waals surface area contributed by atoms with Gasteiger partial charge in [0.05, 0.1) is 5.69 Å². The predicted molar refractivity (Wildman–Crippen MR) is 89.7 cm³/mol. The van der Waals surface area contributed by atoms with Gasteiger partial charge in [-0.2, -0.15) is 11.8 Å². The first-order chi connectivity index (χ1) is 10.4. The summed E-state index contributed by atoms with van der Waals surface area (Å²) in [5.41, 5.74) is 3.90. The maximum absolute atomic E-state index is 4.77. The van der Waals surface area contributed by atoms with Crippen LogP contribution < -0.4 is 5.32 Å². The summed E-state index contributed by atoms with van der Waals surface area (Å²) in [6.07, 6.45) is 3.02. The summed E-state index contributed by atoms with van der Waals surface area (Å²) in [6.45, 7) is 3.16. The van der Waals surface area contributed by atoms with E-state index in [0.717, 1.165) is 49.0 Å². The summed E-state index contributed by atoms with van der Waals surface area (Å²) < 4.78 is 0. The van der Waals surface area contributed by atoms with Crippen molar-refractivity contribution in [2.45, 2.75) is 37.7 Å². The average molecular weight is 299 g/mol. The van der Waals surface area contributed by atoms with Crippen LogP contribution in [0.4, 0.5) is 5.82 Å². The molecule has 2 heterocycles. The molecule has 3 rings (SSSR count). The second kappa shape index (κ2) is 6.94. The molecule has 1 N–H and O–H groups in total. The molecule has 0 fully saturated rings. The summed E-state index contributed by atoms with van der Waals surface area (Å²) in [6, 6.07) is 10.6. The highest BCUT2D eigenvalue weighted by Gasteiger charge is 2.19. The van der Waals surface area contributed by atoms with Crippen molar-refractivity contribution in [1.29, 1.82) is 0 Å². The molecule has 1 aliphatic rings. The Kier molecular flexibility index (Phi) is 4.76. The van der Waals surface area contributed by atoms with E-state index in [1.165, 1.54) is 16.8 Å². The van der Waals surface area contributed by atoms with E-state index in [2.05, 4.69) is 42.6 Å². The predicted octanol–water partition coefficient (Wildman–Crippen LogP) is 3.83. The lowest BCUT2D eigenvalue weighted by molar-refractivity contribution is 0.836. The first-order valence-electron chi connectivity index (χ1n) is 7.61. The zero-order valence-electron chi connectivity index (χ0n) is 12.4. The van der Waals surface area contributed by atoms with Crippen LogP contribution in [0.2, 0.25) is 0 Å². The van der Waals surface area contributed by atoms with Gasteiger partial charge in [0.1, 0.15) is 11.6 Å². The van der Waals surface area contributed by atoms with Gasteiger partial charge in [-0.1, -0.05) is 37.3 Å². The van der Waals surface area contributed by atoms with Gasteiger partial charge in [0, 0.05) is 30.0 Å². The number of aromatic nitrogens is 2. The first kappa shape index (κ1) is 14.4. The topological polar surface area (TPSA) is 37.8 Å². The van der Waals surface area contributed by atoms with Crippen LogP contribution in [-0.4, -0.2) is 16.5 Å². The van der Waals surface area contributed by atoms with E-state index >= 15 is 0 Å². The zero-order valence-corrected chi connectivity index (χ0v) is 13.2. The van der Waals surface area contributed by atoms with Crippen molar-refractivity contribution in [2.75, 3.05) is 11.9 Å². The molecule has 0 spiro atoms. The Bertz CT molecular complexity index is 598. The largest absolute Gasteiger partial charge is 0.370 e. The average Bonchev–Trinajstić information content (AvgIpc) is 3.00. The number of nitrogens with zero attached hydrogens (tertiary/aromatic N) is 2. The molecule has 110 valence electrons. The van der Waals surface area contributed by atoms with Gasteiger partial charge in [-0.3, -0.25) is 0 Å². The molecular weight excluding hydrogens is 278 g/mol. The SMILES string of the molecule is CCCNc1nc(CCc2ccccc2)nc2c1CSC2. The van der Waals surface area contributed by atoms with Crippen LogP contribution in [-0.2, 0) is 24.3 Å². The van der Waals surface area contributed by atoms with E-state index in [4.69, 9.17) is 9.97 Å². The Morgan fingerprint density at radius 1 is 1.10 bits per heavy atom. The van der Waals surface area contributed by atoms with Gasteiger partial charge < -0.3 is 5.32 Å². The highest BCUT2D eigenvalue weighted by atomic mass is 32.2. The van der Waals surface area contributed by atoms with Gasteiger partial charge >= 0.3 is 0 Å². The Morgan fingerprint density at radius 3 is 2.76 bits per heavy atom. The van der Waals surface area contributed by atoms with Crippen LogP contribution >= 0.6 is 11.8 Å². The van der Waals surface area contributed by atoms with E-state index in [1.54, 1.807) is 0 Å². The number of anilines is 1. The highest BCUT2D eigenvalue weighted by molar-refractivity contribution is 7.98. The van der Waals surface area contributed by atoms with Gasteiger partial charge in [0.2, 0.25) is 0 Å². The van der Waals surface area contributed by atoms with Gasteiger partial charge in [0.25, 0.3) is 0 Å². The minimum absolute atomic E-state index is 0.906. The minimum Gasteiger partial charge on any atom is -0.370 e. The minimum atomic E-state index is 0.906.